The Morgan fingerprint density at radius 1 is 1.19 bits per heavy atom. The standard InChI is InChI=1S/C25H20F4N6O/c26-17-4-1-3-14(9-17)13-35-20(11-15-10-16(25(27,28)29)12-31-21(15)35)24(36)33-19-6-8-34-22-18(32-23(19)34)5-2-7-30-22/h1,3-4,6,9-12,30H,2,5,7-8,13H2,(H,33,36). The average Bonchev–Trinajstić information content (AvgIpc) is 3.51. The number of pyridine rings is 1. The molecule has 0 unspecified atom stereocenters. The van der Waals surface area contributed by atoms with E-state index in [1.165, 1.54) is 28.8 Å². The quantitative estimate of drug-likeness (QED) is 0.406. The molecule has 0 spiro atoms. The molecule has 0 atom stereocenters. The van der Waals surface area contributed by atoms with Crippen molar-refractivity contribution in [3.8, 4) is 0 Å². The molecule has 2 aliphatic rings. The number of nitrogens with zero attached hydrogens (tertiary/aromatic N) is 4. The number of fused-ring (bicyclic) bond motifs is 4. The molecule has 3 aromatic heterocycles. The number of nitrogens with one attached hydrogen (secondary N) is 2. The van der Waals surface area contributed by atoms with Crippen molar-refractivity contribution in [3.63, 3.8) is 0 Å². The number of carbonyl (C=O) groups excluding carboxylic acids is 1. The number of imidazole rings is 1. The van der Waals surface area contributed by atoms with Crippen molar-refractivity contribution in [1.82, 2.24) is 24.4 Å². The molecule has 0 bridgehead atoms. The van der Waals surface area contributed by atoms with Crippen molar-refractivity contribution in [2.24, 2.45) is 0 Å². The highest BCUT2D eigenvalue weighted by Crippen LogP contribution is 2.33. The van der Waals surface area contributed by atoms with Crippen LogP contribution in [0.1, 0.15) is 39.6 Å². The van der Waals surface area contributed by atoms with Gasteiger partial charge < -0.3 is 19.8 Å². The molecule has 1 aromatic carbocycles. The Morgan fingerprint density at radius 3 is 2.86 bits per heavy atom. The molecule has 2 aliphatic heterocycles. The largest absolute Gasteiger partial charge is 0.417 e. The minimum Gasteiger partial charge on any atom is -0.370 e. The van der Waals surface area contributed by atoms with Gasteiger partial charge in [-0.1, -0.05) is 12.1 Å². The number of amides is 1. The van der Waals surface area contributed by atoms with Gasteiger partial charge in [-0.3, -0.25) is 4.79 Å². The average molecular weight is 496 g/mol. The summed E-state index contributed by atoms with van der Waals surface area (Å²) in [6.45, 7) is 1.45. The first-order valence-corrected chi connectivity index (χ1v) is 11.4. The summed E-state index contributed by atoms with van der Waals surface area (Å²) < 4.78 is 57.2. The van der Waals surface area contributed by atoms with E-state index in [0.29, 0.717) is 23.6 Å². The molecule has 0 aliphatic carbocycles. The summed E-state index contributed by atoms with van der Waals surface area (Å²) >= 11 is 0. The highest BCUT2D eigenvalue weighted by molar-refractivity contribution is 6.02. The van der Waals surface area contributed by atoms with Crippen LogP contribution in [-0.4, -0.2) is 31.6 Å². The Balaban J connectivity index is 1.38. The fraction of sp³-hybridized carbons (Fsp3) is 0.240. The lowest BCUT2D eigenvalue weighted by molar-refractivity contribution is -0.137. The number of hydrogen-bond donors (Lipinski definition) is 2. The van der Waals surface area contributed by atoms with Gasteiger partial charge in [-0.15, -0.1) is 0 Å². The van der Waals surface area contributed by atoms with Crippen molar-refractivity contribution >= 4 is 28.5 Å². The van der Waals surface area contributed by atoms with Crippen molar-refractivity contribution in [2.45, 2.75) is 32.1 Å². The Bertz CT molecular complexity index is 1550. The third-order valence-corrected chi connectivity index (χ3v) is 6.41. The van der Waals surface area contributed by atoms with Gasteiger partial charge in [-0.25, -0.2) is 14.4 Å². The van der Waals surface area contributed by atoms with Gasteiger partial charge in [0.2, 0.25) is 0 Å². The summed E-state index contributed by atoms with van der Waals surface area (Å²) in [5.74, 6) is 0.600. The zero-order valence-corrected chi connectivity index (χ0v) is 18.9. The van der Waals surface area contributed by atoms with Crippen LogP contribution in [0, 0.1) is 5.82 Å². The minimum absolute atomic E-state index is 0.0499. The van der Waals surface area contributed by atoms with Crippen LogP contribution in [0.4, 0.5) is 23.4 Å². The lowest BCUT2D eigenvalue weighted by Crippen LogP contribution is -2.25. The maximum absolute atomic E-state index is 13.8. The second-order valence-corrected chi connectivity index (χ2v) is 8.82. The van der Waals surface area contributed by atoms with Crippen LogP contribution in [0.25, 0.3) is 16.7 Å². The van der Waals surface area contributed by atoms with E-state index in [1.54, 1.807) is 6.07 Å². The molecule has 11 heteroatoms. The Hall–Kier alpha value is -4.15. The summed E-state index contributed by atoms with van der Waals surface area (Å²) in [7, 11) is 0. The van der Waals surface area contributed by atoms with Crippen LogP contribution in [0.2, 0.25) is 0 Å². The normalized spacial score (nSPS) is 14.8. The molecule has 4 aromatic rings. The summed E-state index contributed by atoms with van der Waals surface area (Å²) in [6.07, 6.45) is -0.177. The Morgan fingerprint density at radius 2 is 2.06 bits per heavy atom. The summed E-state index contributed by atoms with van der Waals surface area (Å²) in [5.41, 5.74) is 1.40. The Kier molecular flexibility index (Phi) is 5.09. The third-order valence-electron chi connectivity index (χ3n) is 6.41. The van der Waals surface area contributed by atoms with E-state index < -0.39 is 23.5 Å². The molecule has 6 rings (SSSR count). The van der Waals surface area contributed by atoms with Gasteiger partial charge in [-0.05, 0) is 48.7 Å². The summed E-state index contributed by atoms with van der Waals surface area (Å²) in [4.78, 5) is 22.1. The fourth-order valence-corrected chi connectivity index (χ4v) is 4.75. The van der Waals surface area contributed by atoms with E-state index in [4.69, 9.17) is 0 Å². The molecule has 5 heterocycles. The molecular formula is C25H20F4N6O. The Labute approximate surface area is 202 Å². The van der Waals surface area contributed by atoms with Gasteiger partial charge in [0.15, 0.2) is 5.82 Å². The second-order valence-electron chi connectivity index (χ2n) is 8.82. The summed E-state index contributed by atoms with van der Waals surface area (Å²) in [6, 6.07) is 8.15. The lowest BCUT2D eigenvalue weighted by Gasteiger charge is -2.14. The van der Waals surface area contributed by atoms with Crippen LogP contribution >= 0.6 is 0 Å². The molecule has 0 saturated heterocycles. The van der Waals surface area contributed by atoms with Crippen LogP contribution in [0.3, 0.4) is 0 Å². The highest BCUT2D eigenvalue weighted by atomic mass is 19.4. The lowest BCUT2D eigenvalue weighted by atomic mass is 10.2. The van der Waals surface area contributed by atoms with E-state index >= 15 is 0 Å². The predicted molar refractivity (Wildman–Crippen MR) is 125 cm³/mol. The van der Waals surface area contributed by atoms with Gasteiger partial charge in [0.1, 0.15) is 23.0 Å². The monoisotopic (exact) mass is 496 g/mol. The van der Waals surface area contributed by atoms with Crippen molar-refractivity contribution in [3.05, 3.63) is 82.8 Å². The minimum atomic E-state index is -4.58. The molecule has 1 amide bonds. The van der Waals surface area contributed by atoms with Gasteiger partial charge in [0, 0.05) is 31.2 Å². The molecule has 36 heavy (non-hydrogen) atoms. The van der Waals surface area contributed by atoms with E-state index in [0.717, 1.165) is 43.2 Å². The van der Waals surface area contributed by atoms with Crippen LogP contribution in [-0.2, 0) is 25.7 Å². The van der Waals surface area contributed by atoms with E-state index in [1.807, 2.05) is 10.6 Å². The predicted octanol–water partition coefficient (Wildman–Crippen LogP) is 4.58. The molecule has 184 valence electrons. The van der Waals surface area contributed by atoms with E-state index in [9.17, 15) is 22.4 Å². The van der Waals surface area contributed by atoms with Gasteiger partial charge in [0.25, 0.3) is 5.91 Å². The van der Waals surface area contributed by atoms with E-state index in [-0.39, 0.29) is 23.3 Å². The van der Waals surface area contributed by atoms with Gasteiger partial charge in [0.05, 0.1) is 17.0 Å². The number of anilines is 1. The zero-order chi connectivity index (χ0) is 25.0. The van der Waals surface area contributed by atoms with E-state index in [2.05, 4.69) is 20.6 Å². The topological polar surface area (TPSA) is 76.8 Å². The number of aryl methyl sites for hydroxylation is 1. The number of halogens is 4. The van der Waals surface area contributed by atoms with Crippen LogP contribution in [0.5, 0.6) is 0 Å². The summed E-state index contributed by atoms with van der Waals surface area (Å²) in [5, 5.41) is 6.37. The molecular weight excluding hydrogens is 476 g/mol. The molecule has 0 radical (unpaired) electrons. The maximum atomic E-state index is 13.8. The van der Waals surface area contributed by atoms with Crippen molar-refractivity contribution < 1.29 is 22.4 Å². The smallest absolute Gasteiger partial charge is 0.370 e. The van der Waals surface area contributed by atoms with Crippen LogP contribution in [0.15, 0.2) is 48.7 Å². The SMILES string of the molecule is O=C(NC1=CCn2c1nc1c2NCCC1)c1cc2cc(C(F)(F)F)cnc2n1Cc1cccc(F)c1. The van der Waals surface area contributed by atoms with Crippen molar-refractivity contribution in [1.29, 1.82) is 0 Å². The van der Waals surface area contributed by atoms with Crippen LogP contribution < -0.4 is 10.6 Å². The number of alkyl halides is 3. The molecule has 0 fully saturated rings. The first-order chi connectivity index (χ1) is 17.3. The highest BCUT2D eigenvalue weighted by Gasteiger charge is 2.32. The van der Waals surface area contributed by atoms with Gasteiger partial charge >= 0.3 is 6.18 Å². The third kappa shape index (κ3) is 3.80. The number of allylic oxidation sites excluding steroid dienone is 1. The number of carbonyl (C=O) groups is 1. The number of rotatable bonds is 4. The maximum Gasteiger partial charge on any atom is 0.417 e. The molecule has 7 nitrogen and oxygen atoms in total. The number of benzene rings is 1. The van der Waals surface area contributed by atoms with Gasteiger partial charge in [-0.2, -0.15) is 13.2 Å². The second kappa shape index (κ2) is 8.21. The molecule has 2 N–H and O–H groups in total. The molecule has 0 saturated carbocycles. The van der Waals surface area contributed by atoms with Crippen molar-refractivity contribution in [2.75, 3.05) is 11.9 Å². The fourth-order valence-electron chi connectivity index (χ4n) is 4.75. The zero-order valence-electron chi connectivity index (χ0n) is 18.9. The first kappa shape index (κ1) is 22.3. The first-order valence-electron chi connectivity index (χ1n) is 11.4. The number of aromatic nitrogens is 4. The number of hydrogen-bond acceptors (Lipinski definition) is 4.